The second kappa shape index (κ2) is 6.83. The first-order chi connectivity index (χ1) is 7.61. The predicted molar refractivity (Wildman–Crippen MR) is 70.5 cm³/mol. The molecule has 0 spiro atoms. The van der Waals surface area contributed by atoms with Crippen LogP contribution in [0.3, 0.4) is 0 Å². The molecule has 16 heavy (non-hydrogen) atoms. The van der Waals surface area contributed by atoms with Gasteiger partial charge < -0.3 is 10.1 Å². The Morgan fingerprint density at radius 1 is 1.69 bits per heavy atom. The molecule has 0 fully saturated rings. The zero-order valence-corrected chi connectivity index (χ0v) is 11.6. The van der Waals surface area contributed by atoms with Crippen molar-refractivity contribution in [1.82, 2.24) is 5.32 Å². The maximum absolute atomic E-state index is 11.4. The van der Waals surface area contributed by atoms with Crippen LogP contribution >= 0.6 is 27.3 Å². The summed E-state index contributed by atoms with van der Waals surface area (Å²) >= 11 is 4.95. The number of amides is 1. The molecule has 1 heterocycles. The minimum Gasteiger partial charge on any atom is -0.383 e. The second-order valence-corrected chi connectivity index (χ2v) is 5.83. The van der Waals surface area contributed by atoms with Crippen LogP contribution in [0.4, 0.5) is 0 Å². The van der Waals surface area contributed by atoms with E-state index in [1.54, 1.807) is 24.5 Å². The molecule has 1 unspecified atom stereocenters. The summed E-state index contributed by atoms with van der Waals surface area (Å²) in [5, 5.41) is 2.80. The Morgan fingerprint density at radius 2 is 2.44 bits per heavy atom. The molecular formula is C11H14BrNO2S. The molecule has 1 rings (SSSR count). The number of thiophene rings is 1. The number of methoxy groups -OCH3 is 1. The molecule has 0 saturated carbocycles. The molecule has 0 aliphatic heterocycles. The fraction of sp³-hybridized carbons (Fsp3) is 0.364. The van der Waals surface area contributed by atoms with E-state index >= 15 is 0 Å². The van der Waals surface area contributed by atoms with Crippen molar-refractivity contribution in [2.24, 2.45) is 0 Å². The summed E-state index contributed by atoms with van der Waals surface area (Å²) in [6, 6.07) is 3.93. The lowest BCUT2D eigenvalue weighted by Crippen LogP contribution is -2.34. The third-order valence-electron chi connectivity index (χ3n) is 1.80. The molecule has 0 saturated heterocycles. The molecule has 1 atom stereocenters. The van der Waals surface area contributed by atoms with Gasteiger partial charge in [0.2, 0.25) is 5.91 Å². The highest BCUT2D eigenvalue weighted by Gasteiger charge is 2.03. The van der Waals surface area contributed by atoms with Crippen LogP contribution in [0.5, 0.6) is 0 Å². The molecule has 5 heteroatoms. The zero-order chi connectivity index (χ0) is 12.0. The first-order valence-corrected chi connectivity index (χ1v) is 6.45. The Labute approximate surface area is 108 Å². The van der Waals surface area contributed by atoms with Gasteiger partial charge in [0.1, 0.15) is 0 Å². The number of halogens is 1. The molecule has 1 N–H and O–H groups in total. The summed E-state index contributed by atoms with van der Waals surface area (Å²) in [5.41, 5.74) is 0. The lowest BCUT2D eigenvalue weighted by atomic mass is 10.3. The number of hydrogen-bond acceptors (Lipinski definition) is 3. The monoisotopic (exact) mass is 303 g/mol. The van der Waals surface area contributed by atoms with Crippen LogP contribution in [0.15, 0.2) is 22.0 Å². The van der Waals surface area contributed by atoms with E-state index in [0.29, 0.717) is 6.61 Å². The molecule has 1 aromatic heterocycles. The number of carbonyl (C=O) groups excluding carboxylic acids is 1. The number of hydrogen-bond donors (Lipinski definition) is 1. The Balaban J connectivity index is 2.42. The highest BCUT2D eigenvalue weighted by atomic mass is 79.9. The maximum Gasteiger partial charge on any atom is 0.244 e. The minimum absolute atomic E-state index is 0.0252. The van der Waals surface area contributed by atoms with Crippen molar-refractivity contribution in [3.63, 3.8) is 0 Å². The molecule has 0 bridgehead atoms. The zero-order valence-electron chi connectivity index (χ0n) is 9.20. The van der Waals surface area contributed by atoms with Crippen molar-refractivity contribution in [2.45, 2.75) is 13.0 Å². The van der Waals surface area contributed by atoms with Gasteiger partial charge in [-0.1, -0.05) is 0 Å². The number of nitrogens with one attached hydrogen (secondary N) is 1. The second-order valence-electron chi connectivity index (χ2n) is 3.34. The third kappa shape index (κ3) is 4.92. The van der Waals surface area contributed by atoms with Crippen molar-refractivity contribution in [2.75, 3.05) is 13.7 Å². The molecular weight excluding hydrogens is 290 g/mol. The van der Waals surface area contributed by atoms with Gasteiger partial charge in [-0.15, -0.1) is 11.3 Å². The van der Waals surface area contributed by atoms with Gasteiger partial charge in [-0.2, -0.15) is 0 Å². The maximum atomic E-state index is 11.4. The SMILES string of the molecule is COCC(C)NC(=O)/C=C/c1ccc(Br)s1. The normalized spacial score (nSPS) is 12.9. The van der Waals surface area contributed by atoms with Crippen LogP contribution in [0.1, 0.15) is 11.8 Å². The van der Waals surface area contributed by atoms with E-state index in [1.807, 2.05) is 19.1 Å². The molecule has 1 aromatic rings. The predicted octanol–water partition coefficient (Wildman–Crippen LogP) is 2.67. The Kier molecular flexibility index (Phi) is 5.73. The first kappa shape index (κ1) is 13.4. The number of carbonyl (C=O) groups is 1. The highest BCUT2D eigenvalue weighted by Crippen LogP contribution is 2.22. The lowest BCUT2D eigenvalue weighted by molar-refractivity contribution is -0.117. The van der Waals surface area contributed by atoms with Crippen molar-refractivity contribution in [1.29, 1.82) is 0 Å². The van der Waals surface area contributed by atoms with E-state index in [9.17, 15) is 4.79 Å². The number of rotatable bonds is 5. The summed E-state index contributed by atoms with van der Waals surface area (Å²) in [5.74, 6) is -0.103. The summed E-state index contributed by atoms with van der Waals surface area (Å²) in [7, 11) is 1.61. The number of ether oxygens (including phenoxy) is 1. The summed E-state index contributed by atoms with van der Waals surface area (Å²) < 4.78 is 5.98. The van der Waals surface area contributed by atoms with Gasteiger partial charge in [0.15, 0.2) is 0 Å². The molecule has 0 aliphatic carbocycles. The van der Waals surface area contributed by atoms with Crippen LogP contribution in [-0.4, -0.2) is 25.7 Å². The molecule has 3 nitrogen and oxygen atoms in total. The van der Waals surface area contributed by atoms with Gasteiger partial charge >= 0.3 is 0 Å². The van der Waals surface area contributed by atoms with Crippen LogP contribution in [0.25, 0.3) is 6.08 Å². The van der Waals surface area contributed by atoms with E-state index in [-0.39, 0.29) is 11.9 Å². The fourth-order valence-electron chi connectivity index (χ4n) is 1.16. The molecule has 0 aromatic carbocycles. The Bertz CT molecular complexity index is 376. The molecule has 1 amide bonds. The van der Waals surface area contributed by atoms with Crippen molar-refractivity contribution >= 4 is 39.2 Å². The van der Waals surface area contributed by atoms with Gasteiger partial charge in [-0.3, -0.25) is 4.79 Å². The van der Waals surface area contributed by atoms with Gasteiger partial charge in [0.25, 0.3) is 0 Å². The van der Waals surface area contributed by atoms with Crippen LogP contribution < -0.4 is 5.32 Å². The third-order valence-corrected chi connectivity index (χ3v) is 3.39. The fourth-order valence-corrected chi connectivity index (χ4v) is 2.48. The quantitative estimate of drug-likeness (QED) is 0.849. The van der Waals surface area contributed by atoms with Gasteiger partial charge in [-0.05, 0) is 41.1 Å². The Morgan fingerprint density at radius 3 is 3.00 bits per heavy atom. The average molecular weight is 304 g/mol. The first-order valence-electron chi connectivity index (χ1n) is 4.84. The molecule has 88 valence electrons. The van der Waals surface area contributed by atoms with Crippen LogP contribution in [-0.2, 0) is 9.53 Å². The Hall–Kier alpha value is -0.650. The van der Waals surface area contributed by atoms with Gasteiger partial charge in [0, 0.05) is 24.1 Å². The van der Waals surface area contributed by atoms with E-state index in [2.05, 4.69) is 21.2 Å². The van der Waals surface area contributed by atoms with Crippen molar-refractivity contribution in [3.8, 4) is 0 Å². The standard InChI is InChI=1S/C11H14BrNO2S/c1-8(7-15-2)13-11(14)6-4-9-3-5-10(12)16-9/h3-6,8H,7H2,1-2H3,(H,13,14)/b6-4+. The van der Waals surface area contributed by atoms with E-state index in [0.717, 1.165) is 8.66 Å². The van der Waals surface area contributed by atoms with E-state index in [4.69, 9.17) is 4.74 Å². The van der Waals surface area contributed by atoms with Crippen LogP contribution in [0, 0.1) is 0 Å². The van der Waals surface area contributed by atoms with Gasteiger partial charge in [0.05, 0.1) is 10.4 Å². The van der Waals surface area contributed by atoms with Crippen molar-refractivity contribution < 1.29 is 9.53 Å². The smallest absolute Gasteiger partial charge is 0.244 e. The molecule has 0 aliphatic rings. The molecule has 0 radical (unpaired) electrons. The van der Waals surface area contributed by atoms with Crippen LogP contribution in [0.2, 0.25) is 0 Å². The highest BCUT2D eigenvalue weighted by molar-refractivity contribution is 9.11. The lowest BCUT2D eigenvalue weighted by Gasteiger charge is -2.10. The summed E-state index contributed by atoms with van der Waals surface area (Å²) in [4.78, 5) is 12.5. The van der Waals surface area contributed by atoms with Crippen molar-refractivity contribution in [3.05, 3.63) is 26.9 Å². The average Bonchev–Trinajstić information content (AvgIpc) is 2.61. The summed E-state index contributed by atoms with van der Waals surface area (Å²) in [6.07, 6.45) is 3.33. The largest absolute Gasteiger partial charge is 0.383 e. The van der Waals surface area contributed by atoms with E-state index < -0.39 is 0 Å². The van der Waals surface area contributed by atoms with E-state index in [1.165, 1.54) is 6.08 Å². The minimum atomic E-state index is -0.103. The topological polar surface area (TPSA) is 38.3 Å². The summed E-state index contributed by atoms with van der Waals surface area (Å²) in [6.45, 7) is 2.42. The van der Waals surface area contributed by atoms with Gasteiger partial charge in [-0.25, -0.2) is 0 Å².